The van der Waals surface area contributed by atoms with Gasteiger partial charge in [0.1, 0.15) is 5.82 Å². The lowest BCUT2D eigenvalue weighted by atomic mass is 9.90. The number of hydrogen-bond donors (Lipinski definition) is 2. The number of nitrogens with two attached hydrogens (primary N) is 1. The summed E-state index contributed by atoms with van der Waals surface area (Å²) in [7, 11) is 0. The summed E-state index contributed by atoms with van der Waals surface area (Å²) in [6.45, 7) is 0.171. The van der Waals surface area contributed by atoms with Gasteiger partial charge in [0.15, 0.2) is 4.67 Å². The highest BCUT2D eigenvalue weighted by Crippen LogP contribution is 2.37. The van der Waals surface area contributed by atoms with Gasteiger partial charge >= 0.3 is 0 Å². The summed E-state index contributed by atoms with van der Waals surface area (Å²) in [5.74, 6) is -0.870. The van der Waals surface area contributed by atoms with Crippen molar-refractivity contribution in [3.05, 3.63) is 57.2 Å². The standard InChI is InChI=1S/C13H12BrClFNO2/c14-13-9(3-4-19-13)12(18)10(6-17)8-2-1-7(16)5-11(8)15/h1-5,10,12,18H,6,17H2. The van der Waals surface area contributed by atoms with Crippen molar-refractivity contribution in [1.29, 1.82) is 0 Å². The molecule has 102 valence electrons. The molecule has 0 amide bonds. The molecular weight excluding hydrogens is 337 g/mol. The van der Waals surface area contributed by atoms with Crippen molar-refractivity contribution in [1.82, 2.24) is 0 Å². The van der Waals surface area contributed by atoms with Crippen LogP contribution in [0, 0.1) is 5.82 Å². The molecule has 0 radical (unpaired) electrons. The van der Waals surface area contributed by atoms with Gasteiger partial charge in [0.25, 0.3) is 0 Å². The van der Waals surface area contributed by atoms with Crippen LogP contribution in [0.15, 0.2) is 39.6 Å². The van der Waals surface area contributed by atoms with Crippen molar-refractivity contribution in [2.24, 2.45) is 5.73 Å². The van der Waals surface area contributed by atoms with Crippen molar-refractivity contribution in [3.63, 3.8) is 0 Å². The van der Waals surface area contributed by atoms with Crippen LogP contribution in [-0.2, 0) is 0 Å². The normalized spacial score (nSPS) is 14.4. The van der Waals surface area contributed by atoms with E-state index in [1.165, 1.54) is 24.5 Å². The summed E-state index contributed by atoms with van der Waals surface area (Å²) in [6, 6.07) is 5.68. The van der Waals surface area contributed by atoms with E-state index in [9.17, 15) is 9.50 Å². The van der Waals surface area contributed by atoms with Crippen molar-refractivity contribution >= 4 is 27.5 Å². The summed E-state index contributed by atoms with van der Waals surface area (Å²) in [4.78, 5) is 0. The Kier molecular flexibility index (Phi) is 4.62. The molecule has 0 saturated heterocycles. The molecule has 0 fully saturated rings. The second-order valence-corrected chi connectivity index (χ2v) is 5.23. The summed E-state index contributed by atoms with van der Waals surface area (Å²) >= 11 is 9.21. The maximum Gasteiger partial charge on any atom is 0.174 e. The number of aliphatic hydroxyl groups is 1. The minimum Gasteiger partial charge on any atom is -0.457 e. The first-order valence-corrected chi connectivity index (χ1v) is 6.77. The molecule has 19 heavy (non-hydrogen) atoms. The fourth-order valence-corrected chi connectivity index (χ4v) is 2.74. The van der Waals surface area contributed by atoms with Gasteiger partial charge < -0.3 is 15.3 Å². The molecule has 2 rings (SSSR count). The third-order valence-corrected chi connectivity index (χ3v) is 3.93. The average Bonchev–Trinajstić information content (AvgIpc) is 2.78. The Morgan fingerprint density at radius 2 is 2.11 bits per heavy atom. The highest BCUT2D eigenvalue weighted by Gasteiger charge is 2.26. The van der Waals surface area contributed by atoms with Crippen LogP contribution < -0.4 is 5.73 Å². The highest BCUT2D eigenvalue weighted by atomic mass is 79.9. The molecule has 0 aliphatic carbocycles. The minimum absolute atomic E-state index is 0.171. The van der Waals surface area contributed by atoms with E-state index in [2.05, 4.69) is 15.9 Å². The molecule has 1 aromatic heterocycles. The highest BCUT2D eigenvalue weighted by molar-refractivity contribution is 9.10. The van der Waals surface area contributed by atoms with Crippen molar-refractivity contribution < 1.29 is 13.9 Å². The van der Waals surface area contributed by atoms with Crippen LogP contribution in [0.2, 0.25) is 5.02 Å². The van der Waals surface area contributed by atoms with Gasteiger partial charge in [-0.1, -0.05) is 17.7 Å². The summed E-state index contributed by atoms with van der Waals surface area (Å²) < 4.78 is 18.6. The largest absolute Gasteiger partial charge is 0.457 e. The van der Waals surface area contributed by atoms with E-state index >= 15 is 0 Å². The zero-order valence-electron chi connectivity index (χ0n) is 9.82. The topological polar surface area (TPSA) is 59.4 Å². The van der Waals surface area contributed by atoms with E-state index in [-0.39, 0.29) is 11.6 Å². The second-order valence-electron chi connectivity index (χ2n) is 4.10. The molecule has 3 nitrogen and oxygen atoms in total. The Labute approximate surface area is 123 Å². The Morgan fingerprint density at radius 3 is 2.63 bits per heavy atom. The SMILES string of the molecule is NCC(c1ccc(F)cc1Cl)C(O)c1ccoc1Br. The van der Waals surface area contributed by atoms with Crippen LogP contribution in [-0.4, -0.2) is 11.7 Å². The summed E-state index contributed by atoms with van der Waals surface area (Å²) in [5, 5.41) is 10.6. The Bertz CT molecular complexity index is 576. The van der Waals surface area contributed by atoms with Gasteiger partial charge in [-0.05, 0) is 39.7 Å². The molecule has 6 heteroatoms. The van der Waals surface area contributed by atoms with Gasteiger partial charge in [-0.25, -0.2) is 4.39 Å². The molecule has 1 heterocycles. The lowest BCUT2D eigenvalue weighted by Crippen LogP contribution is -2.20. The molecule has 0 bridgehead atoms. The zero-order chi connectivity index (χ0) is 14.0. The first-order chi connectivity index (χ1) is 9.04. The molecule has 0 aliphatic heterocycles. The first-order valence-electron chi connectivity index (χ1n) is 5.60. The van der Waals surface area contributed by atoms with Crippen LogP contribution in [0.3, 0.4) is 0 Å². The van der Waals surface area contributed by atoms with E-state index < -0.39 is 17.8 Å². The third-order valence-electron chi connectivity index (χ3n) is 2.96. The lowest BCUT2D eigenvalue weighted by molar-refractivity contribution is 0.145. The minimum atomic E-state index is -0.888. The smallest absolute Gasteiger partial charge is 0.174 e. The van der Waals surface area contributed by atoms with Crippen LogP contribution in [0.5, 0.6) is 0 Å². The van der Waals surface area contributed by atoms with Gasteiger partial charge in [0.2, 0.25) is 0 Å². The quantitative estimate of drug-likeness (QED) is 0.887. The van der Waals surface area contributed by atoms with Gasteiger partial charge in [-0.15, -0.1) is 0 Å². The molecule has 2 unspecified atom stereocenters. The molecule has 1 aromatic carbocycles. The maximum absolute atomic E-state index is 13.1. The van der Waals surface area contributed by atoms with Crippen LogP contribution in [0.4, 0.5) is 4.39 Å². The summed E-state index contributed by atoms with van der Waals surface area (Å²) in [5.41, 5.74) is 6.89. The predicted octanol–water partition coefficient (Wildman–Crippen LogP) is 3.61. The number of aliphatic hydroxyl groups excluding tert-OH is 1. The molecule has 0 aliphatic rings. The number of hydrogen-bond acceptors (Lipinski definition) is 3. The Balaban J connectivity index is 2.37. The summed E-state index contributed by atoms with van der Waals surface area (Å²) in [6.07, 6.45) is 0.573. The average molecular weight is 349 g/mol. The first kappa shape index (κ1) is 14.5. The molecule has 2 atom stereocenters. The third kappa shape index (κ3) is 3.00. The van der Waals surface area contributed by atoms with Crippen molar-refractivity contribution in [2.45, 2.75) is 12.0 Å². The van der Waals surface area contributed by atoms with Gasteiger partial charge in [-0.2, -0.15) is 0 Å². The van der Waals surface area contributed by atoms with Gasteiger partial charge in [0.05, 0.1) is 12.4 Å². The van der Waals surface area contributed by atoms with E-state index in [1.807, 2.05) is 0 Å². The predicted molar refractivity (Wildman–Crippen MR) is 74.6 cm³/mol. The molecule has 2 aromatic rings. The van der Waals surface area contributed by atoms with Crippen LogP contribution in [0.25, 0.3) is 0 Å². The Hall–Kier alpha value is -0.880. The van der Waals surface area contributed by atoms with Crippen molar-refractivity contribution in [3.8, 4) is 0 Å². The van der Waals surface area contributed by atoms with Crippen molar-refractivity contribution in [2.75, 3.05) is 6.54 Å². The molecule has 3 N–H and O–H groups in total. The molecule has 0 spiro atoms. The van der Waals surface area contributed by atoms with Gasteiger partial charge in [-0.3, -0.25) is 0 Å². The van der Waals surface area contributed by atoms with E-state index in [4.69, 9.17) is 21.8 Å². The van der Waals surface area contributed by atoms with Crippen LogP contribution >= 0.6 is 27.5 Å². The molecule has 0 saturated carbocycles. The zero-order valence-corrected chi connectivity index (χ0v) is 12.2. The second kappa shape index (κ2) is 6.05. The fraction of sp³-hybridized carbons (Fsp3) is 0.231. The molecular formula is C13H12BrClFNO2. The van der Waals surface area contributed by atoms with E-state index in [1.54, 1.807) is 6.07 Å². The lowest BCUT2D eigenvalue weighted by Gasteiger charge is -2.22. The number of halogens is 3. The van der Waals surface area contributed by atoms with E-state index in [0.717, 1.165) is 0 Å². The monoisotopic (exact) mass is 347 g/mol. The maximum atomic E-state index is 13.1. The Morgan fingerprint density at radius 1 is 1.37 bits per heavy atom. The van der Waals surface area contributed by atoms with Crippen LogP contribution in [0.1, 0.15) is 23.1 Å². The van der Waals surface area contributed by atoms with E-state index in [0.29, 0.717) is 15.8 Å². The number of benzene rings is 1. The number of rotatable bonds is 4. The van der Waals surface area contributed by atoms with Gasteiger partial charge in [0, 0.05) is 23.0 Å². The number of furan rings is 1. The fourth-order valence-electron chi connectivity index (χ4n) is 1.96.